The van der Waals surface area contributed by atoms with Crippen molar-refractivity contribution < 1.29 is 4.79 Å². The van der Waals surface area contributed by atoms with E-state index in [0.29, 0.717) is 24.0 Å². The molecule has 0 saturated heterocycles. The van der Waals surface area contributed by atoms with Crippen LogP contribution in [0.1, 0.15) is 31.0 Å². The van der Waals surface area contributed by atoms with Crippen LogP contribution < -0.4 is 16.4 Å². The summed E-state index contributed by atoms with van der Waals surface area (Å²) in [5, 5.41) is 10.7. The number of nitrogens with two attached hydrogens (primary N) is 1. The van der Waals surface area contributed by atoms with Crippen molar-refractivity contribution in [2.75, 3.05) is 16.4 Å². The van der Waals surface area contributed by atoms with Gasteiger partial charge in [-0.1, -0.05) is 36.4 Å². The fourth-order valence-corrected chi connectivity index (χ4v) is 3.69. The Bertz CT molecular complexity index is 1270. The van der Waals surface area contributed by atoms with Gasteiger partial charge in [0.25, 0.3) is 0 Å². The van der Waals surface area contributed by atoms with Gasteiger partial charge in [-0.15, -0.1) is 0 Å². The molecule has 0 bridgehead atoms. The zero-order chi connectivity index (χ0) is 24.1. The predicted octanol–water partition coefficient (Wildman–Crippen LogP) is 4.39. The summed E-state index contributed by atoms with van der Waals surface area (Å²) in [6.07, 6.45) is 5.27. The highest BCUT2D eigenvalue weighted by atomic mass is 16.2. The van der Waals surface area contributed by atoms with Gasteiger partial charge in [0.15, 0.2) is 0 Å². The Kier molecular flexibility index (Phi) is 6.72. The number of nitrogen functional groups attached to an aromatic ring is 1. The number of anilines is 5. The molecule has 2 aromatic heterocycles. The molecule has 4 aromatic rings. The van der Waals surface area contributed by atoms with Gasteiger partial charge < -0.3 is 21.3 Å². The summed E-state index contributed by atoms with van der Waals surface area (Å²) in [4.78, 5) is 23.6. The second-order valence-electron chi connectivity index (χ2n) is 8.08. The Morgan fingerprint density at radius 2 is 1.88 bits per heavy atom. The third-order valence-corrected chi connectivity index (χ3v) is 5.45. The van der Waals surface area contributed by atoms with Crippen LogP contribution in [-0.4, -0.2) is 30.6 Å². The first-order valence-electron chi connectivity index (χ1n) is 11.0. The van der Waals surface area contributed by atoms with Gasteiger partial charge in [-0.3, -0.25) is 9.48 Å². The zero-order valence-electron chi connectivity index (χ0n) is 19.4. The van der Waals surface area contributed by atoms with E-state index in [0.717, 1.165) is 22.5 Å². The summed E-state index contributed by atoms with van der Waals surface area (Å²) < 4.78 is 1.69. The number of benzene rings is 2. The number of nitrogens with zero attached hydrogens (tertiary/aromatic N) is 5. The van der Waals surface area contributed by atoms with Crippen molar-refractivity contribution in [2.24, 2.45) is 7.05 Å². The van der Waals surface area contributed by atoms with Gasteiger partial charge >= 0.3 is 0 Å². The van der Waals surface area contributed by atoms with Crippen LogP contribution in [0.5, 0.6) is 0 Å². The molecule has 0 fully saturated rings. The van der Waals surface area contributed by atoms with Crippen molar-refractivity contribution in [3.63, 3.8) is 0 Å². The number of hydrogen-bond donors (Lipinski definition) is 3. The third-order valence-electron chi connectivity index (χ3n) is 5.45. The first-order valence-corrected chi connectivity index (χ1v) is 11.0. The van der Waals surface area contributed by atoms with Crippen LogP contribution in [-0.2, 0) is 18.4 Å². The van der Waals surface area contributed by atoms with E-state index in [1.54, 1.807) is 28.9 Å². The molecule has 4 rings (SSSR count). The molecule has 1 atom stereocenters. The van der Waals surface area contributed by atoms with E-state index in [9.17, 15) is 4.79 Å². The maximum atomic E-state index is 12.6. The fraction of sp³-hybridized carbons (Fsp3) is 0.200. The molecule has 0 aliphatic heterocycles. The minimum atomic E-state index is -0.284. The Morgan fingerprint density at radius 3 is 2.56 bits per heavy atom. The third kappa shape index (κ3) is 5.50. The first-order chi connectivity index (χ1) is 16.4. The highest BCUT2D eigenvalue weighted by molar-refractivity contribution is 5.74. The summed E-state index contributed by atoms with van der Waals surface area (Å²) in [6.45, 7) is 4.02. The summed E-state index contributed by atoms with van der Waals surface area (Å²) in [5.41, 5.74) is 10.00. The van der Waals surface area contributed by atoms with Crippen molar-refractivity contribution in [1.29, 1.82) is 0 Å². The molecule has 1 unspecified atom stereocenters. The van der Waals surface area contributed by atoms with E-state index in [2.05, 4.69) is 20.7 Å². The minimum absolute atomic E-state index is 0.0381. The molecule has 0 radical (unpaired) electrons. The maximum Gasteiger partial charge on any atom is 0.229 e. The number of amides is 1. The van der Waals surface area contributed by atoms with E-state index in [1.165, 1.54) is 0 Å². The lowest BCUT2D eigenvalue weighted by atomic mass is 10.1. The van der Waals surface area contributed by atoms with Crippen molar-refractivity contribution in [3.05, 3.63) is 84.3 Å². The van der Waals surface area contributed by atoms with Crippen LogP contribution in [0.4, 0.5) is 28.8 Å². The number of carbonyl (C=O) groups excluding carboxylic acids is 1. The molecule has 9 heteroatoms. The van der Waals surface area contributed by atoms with Crippen molar-refractivity contribution in [3.8, 4) is 0 Å². The average molecular weight is 457 g/mol. The summed E-state index contributed by atoms with van der Waals surface area (Å²) in [6, 6.07) is 17.0. The minimum Gasteiger partial charge on any atom is -0.399 e. The highest BCUT2D eigenvalue weighted by Crippen LogP contribution is 2.31. The molecule has 1 amide bonds. The Hall–Kier alpha value is -4.40. The number of nitrogens with one attached hydrogen (secondary N) is 2. The van der Waals surface area contributed by atoms with Crippen LogP contribution in [0.3, 0.4) is 0 Å². The topological polar surface area (TPSA) is 114 Å². The molecular weight excluding hydrogens is 428 g/mol. The highest BCUT2D eigenvalue weighted by Gasteiger charge is 2.23. The molecule has 2 aromatic carbocycles. The lowest BCUT2D eigenvalue weighted by Crippen LogP contribution is -2.31. The lowest BCUT2D eigenvalue weighted by Gasteiger charge is -2.29. The quantitative estimate of drug-likeness (QED) is 0.337. The molecule has 0 aliphatic carbocycles. The van der Waals surface area contributed by atoms with E-state index in [4.69, 9.17) is 10.7 Å². The fourth-order valence-electron chi connectivity index (χ4n) is 3.69. The van der Waals surface area contributed by atoms with Crippen molar-refractivity contribution in [2.45, 2.75) is 26.4 Å². The Balaban J connectivity index is 1.69. The summed E-state index contributed by atoms with van der Waals surface area (Å²) >= 11 is 0. The molecule has 0 spiro atoms. The summed E-state index contributed by atoms with van der Waals surface area (Å²) in [5.74, 6) is 0.954. The molecule has 0 aliphatic rings. The van der Waals surface area contributed by atoms with Gasteiger partial charge in [0.05, 0.1) is 17.9 Å². The summed E-state index contributed by atoms with van der Waals surface area (Å²) in [7, 11) is 1.84. The molecule has 4 N–H and O–H groups in total. The smallest absolute Gasteiger partial charge is 0.229 e. The molecule has 2 heterocycles. The van der Waals surface area contributed by atoms with E-state index in [-0.39, 0.29) is 11.9 Å². The SMILES string of the molecule is CC(=O)N(Cc1ccccc1)C(C)c1cnc(Nc2cnn(C)c2)nc1Nc1cccc(N)c1. The second kappa shape index (κ2) is 10.0. The Morgan fingerprint density at radius 1 is 1.09 bits per heavy atom. The zero-order valence-corrected chi connectivity index (χ0v) is 19.4. The van der Waals surface area contributed by atoms with Crippen LogP contribution in [0, 0.1) is 0 Å². The van der Waals surface area contributed by atoms with Crippen LogP contribution in [0.15, 0.2) is 73.2 Å². The second-order valence-corrected chi connectivity index (χ2v) is 8.08. The van der Waals surface area contributed by atoms with Crippen LogP contribution in [0.2, 0.25) is 0 Å². The number of aryl methyl sites for hydroxylation is 1. The lowest BCUT2D eigenvalue weighted by molar-refractivity contribution is -0.131. The number of carbonyl (C=O) groups is 1. The standard InChI is InChI=1S/C25H28N8O/c1-17(33(18(2)34)15-19-8-5-4-6-9-19)23-14-27-25(30-22-13-28-32(3)16-22)31-24(23)29-21-11-7-10-20(26)12-21/h4-14,16-17H,15,26H2,1-3H3,(H2,27,29,30,31). The van der Waals surface area contributed by atoms with Gasteiger partial charge in [-0.05, 0) is 30.7 Å². The normalized spacial score (nSPS) is 11.6. The van der Waals surface area contributed by atoms with Crippen LogP contribution in [0.25, 0.3) is 0 Å². The Labute approximate surface area is 198 Å². The number of rotatable bonds is 8. The molecule has 174 valence electrons. The van der Waals surface area contributed by atoms with Gasteiger partial charge in [-0.2, -0.15) is 10.1 Å². The van der Waals surface area contributed by atoms with Crippen molar-refractivity contribution >= 4 is 34.7 Å². The maximum absolute atomic E-state index is 12.6. The monoisotopic (exact) mass is 456 g/mol. The first kappa shape index (κ1) is 22.8. The predicted molar refractivity (Wildman–Crippen MR) is 134 cm³/mol. The van der Waals surface area contributed by atoms with Gasteiger partial charge in [0, 0.05) is 49.8 Å². The van der Waals surface area contributed by atoms with Crippen molar-refractivity contribution in [1.82, 2.24) is 24.6 Å². The van der Waals surface area contributed by atoms with Gasteiger partial charge in [-0.25, -0.2) is 4.98 Å². The molecule has 34 heavy (non-hydrogen) atoms. The van der Waals surface area contributed by atoms with Crippen LogP contribution >= 0.6 is 0 Å². The average Bonchev–Trinajstić information content (AvgIpc) is 3.22. The number of aromatic nitrogens is 4. The molecule has 9 nitrogen and oxygen atoms in total. The van der Waals surface area contributed by atoms with Gasteiger partial charge in [0.1, 0.15) is 5.82 Å². The van der Waals surface area contributed by atoms with E-state index >= 15 is 0 Å². The largest absolute Gasteiger partial charge is 0.399 e. The van der Waals surface area contributed by atoms with E-state index in [1.807, 2.05) is 74.8 Å². The molecule has 0 saturated carbocycles. The van der Waals surface area contributed by atoms with Gasteiger partial charge in [0.2, 0.25) is 11.9 Å². The van der Waals surface area contributed by atoms with E-state index < -0.39 is 0 Å². The molecular formula is C25H28N8O. The number of hydrogen-bond acceptors (Lipinski definition) is 7.